The van der Waals surface area contributed by atoms with Crippen LogP contribution in [-0.4, -0.2) is 30.2 Å². The van der Waals surface area contributed by atoms with E-state index < -0.39 is 0 Å². The van der Waals surface area contributed by atoms with Crippen molar-refractivity contribution in [3.63, 3.8) is 0 Å². The second kappa shape index (κ2) is 8.20. The van der Waals surface area contributed by atoms with Gasteiger partial charge >= 0.3 is 0 Å². The van der Waals surface area contributed by atoms with Gasteiger partial charge in [-0.1, -0.05) is 19.9 Å². The minimum Gasteiger partial charge on any atom is -0.313 e. The standard InChI is InChI=1S/C14H25N3/c1-12(2)17-10-13(3)16-9-5-7-14-6-4-8-15-11-14/h4,6,8,11-13,16-17H,5,7,9-10H2,1-3H3. The normalized spacial score (nSPS) is 12.9. The van der Waals surface area contributed by atoms with Gasteiger partial charge in [-0.3, -0.25) is 4.98 Å². The van der Waals surface area contributed by atoms with Gasteiger partial charge in [-0.25, -0.2) is 0 Å². The van der Waals surface area contributed by atoms with E-state index in [1.807, 2.05) is 18.5 Å². The van der Waals surface area contributed by atoms with E-state index in [-0.39, 0.29) is 0 Å². The first-order chi connectivity index (χ1) is 8.18. The molecule has 2 N–H and O–H groups in total. The van der Waals surface area contributed by atoms with Gasteiger partial charge in [0.25, 0.3) is 0 Å². The summed E-state index contributed by atoms with van der Waals surface area (Å²) in [5.74, 6) is 0. The maximum absolute atomic E-state index is 4.12. The van der Waals surface area contributed by atoms with E-state index in [0.717, 1.165) is 25.9 Å². The zero-order chi connectivity index (χ0) is 12.5. The summed E-state index contributed by atoms with van der Waals surface area (Å²) < 4.78 is 0. The first-order valence-corrected chi connectivity index (χ1v) is 6.54. The lowest BCUT2D eigenvalue weighted by Crippen LogP contribution is -2.39. The van der Waals surface area contributed by atoms with Crippen LogP contribution in [0.25, 0.3) is 0 Å². The fraction of sp³-hybridized carbons (Fsp3) is 0.643. The van der Waals surface area contributed by atoms with E-state index in [1.54, 1.807) is 0 Å². The van der Waals surface area contributed by atoms with E-state index in [1.165, 1.54) is 5.56 Å². The topological polar surface area (TPSA) is 37.0 Å². The number of nitrogens with one attached hydrogen (secondary N) is 2. The van der Waals surface area contributed by atoms with Crippen LogP contribution < -0.4 is 10.6 Å². The second-order valence-electron chi connectivity index (χ2n) is 4.88. The van der Waals surface area contributed by atoms with Crippen LogP contribution in [0, 0.1) is 0 Å². The first-order valence-electron chi connectivity index (χ1n) is 6.54. The Morgan fingerprint density at radius 3 is 2.71 bits per heavy atom. The van der Waals surface area contributed by atoms with Crippen LogP contribution in [0.15, 0.2) is 24.5 Å². The molecule has 0 aromatic carbocycles. The summed E-state index contributed by atoms with van der Waals surface area (Å²) in [6.45, 7) is 8.67. The highest BCUT2D eigenvalue weighted by Gasteiger charge is 2.01. The lowest BCUT2D eigenvalue weighted by Gasteiger charge is -2.16. The van der Waals surface area contributed by atoms with Crippen LogP contribution in [0.2, 0.25) is 0 Å². The van der Waals surface area contributed by atoms with Crippen molar-refractivity contribution in [2.75, 3.05) is 13.1 Å². The third-order valence-corrected chi connectivity index (χ3v) is 2.69. The molecule has 96 valence electrons. The van der Waals surface area contributed by atoms with Gasteiger partial charge in [0.15, 0.2) is 0 Å². The van der Waals surface area contributed by atoms with Gasteiger partial charge in [0.1, 0.15) is 0 Å². The zero-order valence-electron chi connectivity index (χ0n) is 11.2. The molecule has 0 bridgehead atoms. The van der Waals surface area contributed by atoms with E-state index in [4.69, 9.17) is 0 Å². The number of hydrogen-bond acceptors (Lipinski definition) is 3. The highest BCUT2D eigenvalue weighted by Crippen LogP contribution is 1.99. The molecule has 0 radical (unpaired) electrons. The van der Waals surface area contributed by atoms with Crippen molar-refractivity contribution in [2.24, 2.45) is 0 Å². The van der Waals surface area contributed by atoms with Crippen molar-refractivity contribution < 1.29 is 0 Å². The number of hydrogen-bond donors (Lipinski definition) is 2. The van der Waals surface area contributed by atoms with Crippen LogP contribution in [0.4, 0.5) is 0 Å². The SMILES string of the molecule is CC(C)NCC(C)NCCCc1cccnc1. The van der Waals surface area contributed by atoms with Crippen LogP contribution in [0.5, 0.6) is 0 Å². The predicted molar refractivity (Wildman–Crippen MR) is 73.2 cm³/mol. The van der Waals surface area contributed by atoms with Crippen molar-refractivity contribution in [3.8, 4) is 0 Å². The monoisotopic (exact) mass is 235 g/mol. The van der Waals surface area contributed by atoms with Crippen molar-refractivity contribution in [1.29, 1.82) is 0 Å². The average molecular weight is 235 g/mol. The third-order valence-electron chi connectivity index (χ3n) is 2.69. The molecule has 0 amide bonds. The molecule has 0 saturated heterocycles. The molecule has 0 spiro atoms. The maximum Gasteiger partial charge on any atom is 0.0299 e. The molecule has 1 heterocycles. The van der Waals surface area contributed by atoms with Crippen LogP contribution >= 0.6 is 0 Å². The quantitative estimate of drug-likeness (QED) is 0.677. The highest BCUT2D eigenvalue weighted by atomic mass is 15.0. The number of aryl methyl sites for hydroxylation is 1. The van der Waals surface area contributed by atoms with Gasteiger partial charge in [-0.2, -0.15) is 0 Å². The summed E-state index contributed by atoms with van der Waals surface area (Å²) in [4.78, 5) is 4.12. The lowest BCUT2D eigenvalue weighted by atomic mass is 10.1. The third kappa shape index (κ3) is 7.08. The van der Waals surface area contributed by atoms with Gasteiger partial charge in [-0.05, 0) is 37.9 Å². The average Bonchev–Trinajstić information content (AvgIpc) is 2.33. The Hall–Kier alpha value is -0.930. The summed E-state index contributed by atoms with van der Waals surface area (Å²) in [5, 5.41) is 6.96. The fourth-order valence-electron chi connectivity index (χ4n) is 1.67. The fourth-order valence-corrected chi connectivity index (χ4v) is 1.67. The zero-order valence-corrected chi connectivity index (χ0v) is 11.2. The maximum atomic E-state index is 4.12. The van der Waals surface area contributed by atoms with E-state index >= 15 is 0 Å². The summed E-state index contributed by atoms with van der Waals surface area (Å²) in [7, 11) is 0. The summed E-state index contributed by atoms with van der Waals surface area (Å²) in [5.41, 5.74) is 1.32. The number of rotatable bonds is 8. The van der Waals surface area contributed by atoms with Gasteiger partial charge in [0.05, 0.1) is 0 Å². The largest absolute Gasteiger partial charge is 0.313 e. The van der Waals surface area contributed by atoms with Gasteiger partial charge in [-0.15, -0.1) is 0 Å². The van der Waals surface area contributed by atoms with E-state index in [2.05, 4.69) is 42.5 Å². The number of pyridine rings is 1. The Labute approximate surface area is 105 Å². The second-order valence-corrected chi connectivity index (χ2v) is 4.88. The van der Waals surface area contributed by atoms with Crippen molar-refractivity contribution in [2.45, 2.75) is 45.7 Å². The minimum absolute atomic E-state index is 0.534. The molecular weight excluding hydrogens is 210 g/mol. The molecule has 0 aliphatic heterocycles. The molecule has 1 aromatic heterocycles. The van der Waals surface area contributed by atoms with Gasteiger partial charge in [0.2, 0.25) is 0 Å². The molecular formula is C14H25N3. The Kier molecular flexibility index (Phi) is 6.82. The van der Waals surface area contributed by atoms with E-state index in [9.17, 15) is 0 Å². The first kappa shape index (κ1) is 14.1. The highest BCUT2D eigenvalue weighted by molar-refractivity contribution is 5.08. The molecule has 0 saturated carbocycles. The Morgan fingerprint density at radius 2 is 2.06 bits per heavy atom. The Morgan fingerprint density at radius 1 is 1.24 bits per heavy atom. The van der Waals surface area contributed by atoms with Crippen LogP contribution in [-0.2, 0) is 6.42 Å². The molecule has 3 nitrogen and oxygen atoms in total. The molecule has 3 heteroatoms. The molecule has 1 atom stereocenters. The van der Waals surface area contributed by atoms with Gasteiger partial charge in [0, 0.05) is 31.0 Å². The van der Waals surface area contributed by atoms with Crippen molar-refractivity contribution in [3.05, 3.63) is 30.1 Å². The molecule has 0 aliphatic carbocycles. The Balaban J connectivity index is 2.04. The summed E-state index contributed by atoms with van der Waals surface area (Å²) in [6.07, 6.45) is 6.04. The molecule has 1 unspecified atom stereocenters. The molecule has 0 fully saturated rings. The summed E-state index contributed by atoms with van der Waals surface area (Å²) >= 11 is 0. The summed E-state index contributed by atoms with van der Waals surface area (Å²) in [6, 6.07) is 5.23. The van der Waals surface area contributed by atoms with Gasteiger partial charge < -0.3 is 10.6 Å². The predicted octanol–water partition coefficient (Wildman–Crippen LogP) is 1.99. The van der Waals surface area contributed by atoms with E-state index in [0.29, 0.717) is 12.1 Å². The molecule has 17 heavy (non-hydrogen) atoms. The molecule has 0 aliphatic rings. The van der Waals surface area contributed by atoms with Crippen molar-refractivity contribution in [1.82, 2.24) is 15.6 Å². The molecule has 1 rings (SSSR count). The minimum atomic E-state index is 0.534. The number of aromatic nitrogens is 1. The van der Waals surface area contributed by atoms with Crippen molar-refractivity contribution >= 4 is 0 Å². The Bertz CT molecular complexity index is 285. The number of nitrogens with zero attached hydrogens (tertiary/aromatic N) is 1. The van der Waals surface area contributed by atoms with Crippen LogP contribution in [0.3, 0.4) is 0 Å². The smallest absolute Gasteiger partial charge is 0.0299 e. The molecule has 1 aromatic rings. The van der Waals surface area contributed by atoms with Crippen LogP contribution in [0.1, 0.15) is 32.8 Å². The lowest BCUT2D eigenvalue weighted by molar-refractivity contribution is 0.471.